The molecular weight excluding hydrogens is 232 g/mol. The maximum atomic E-state index is 10.3. The van der Waals surface area contributed by atoms with Gasteiger partial charge in [-0.05, 0) is 20.1 Å². The van der Waals surface area contributed by atoms with Crippen LogP contribution >= 0.6 is 11.8 Å². The van der Waals surface area contributed by atoms with Crippen molar-refractivity contribution in [1.29, 1.82) is 0 Å². The number of hydrogen-bond donors (Lipinski definition) is 0. The minimum Gasteiger partial charge on any atom is -0.351 e. The fraction of sp³-hybridized carbons (Fsp3) is 0.889. The number of hydrogen-bond acceptors (Lipinski definition) is 6. The van der Waals surface area contributed by atoms with Gasteiger partial charge in [-0.1, -0.05) is 0 Å². The maximum absolute atomic E-state index is 10.3. The van der Waals surface area contributed by atoms with Gasteiger partial charge in [-0.3, -0.25) is 15.1 Å². The van der Waals surface area contributed by atoms with E-state index in [1.807, 2.05) is 13.8 Å². The van der Waals surface area contributed by atoms with Crippen LogP contribution in [0, 0.1) is 10.1 Å². The second-order valence-corrected chi connectivity index (χ2v) is 3.65. The van der Waals surface area contributed by atoms with E-state index in [0.717, 1.165) is 0 Å². The van der Waals surface area contributed by atoms with Crippen LogP contribution in [0.15, 0.2) is 4.99 Å². The van der Waals surface area contributed by atoms with Gasteiger partial charge in [0.1, 0.15) is 5.04 Å². The minimum absolute atomic E-state index is 0.244. The zero-order valence-corrected chi connectivity index (χ0v) is 10.7. The lowest BCUT2D eigenvalue weighted by atomic mass is 10.6. The first-order valence-electron chi connectivity index (χ1n) is 5.06. The molecule has 0 aromatic rings. The molecule has 0 N–H and O–H groups in total. The van der Waals surface area contributed by atoms with Gasteiger partial charge in [0.15, 0.2) is 6.29 Å². The summed E-state index contributed by atoms with van der Waals surface area (Å²) in [6.07, 6.45) is 1.35. The van der Waals surface area contributed by atoms with Gasteiger partial charge in [0.05, 0.1) is 6.54 Å². The number of aliphatic imine (C=N–C) groups is 1. The molecule has 0 heterocycles. The van der Waals surface area contributed by atoms with E-state index < -0.39 is 11.2 Å². The van der Waals surface area contributed by atoms with Crippen molar-refractivity contribution >= 4 is 16.8 Å². The molecule has 0 bridgehead atoms. The molecule has 0 saturated carbocycles. The van der Waals surface area contributed by atoms with Gasteiger partial charge in [0.25, 0.3) is 6.54 Å². The molecule has 94 valence electrons. The molecule has 16 heavy (non-hydrogen) atoms. The maximum Gasteiger partial charge on any atom is 0.250 e. The second-order valence-electron chi connectivity index (χ2n) is 2.77. The summed E-state index contributed by atoms with van der Waals surface area (Å²) < 4.78 is 10.5. The van der Waals surface area contributed by atoms with Crippen LogP contribution in [0.25, 0.3) is 0 Å². The standard InChI is InChI=1S/C9H18N2O4S/c1-4-14-9(15-5-2)6-10-8(16-3)7-11(12)13/h9H,4-7H2,1-3H3. The molecule has 0 amide bonds. The first-order chi connectivity index (χ1) is 7.63. The SMILES string of the molecule is CCOC(CN=C(C[N+](=O)[O-])SC)OCC. The van der Waals surface area contributed by atoms with E-state index in [1.54, 1.807) is 6.26 Å². The summed E-state index contributed by atoms with van der Waals surface area (Å²) in [4.78, 5) is 14.0. The first-order valence-corrected chi connectivity index (χ1v) is 6.28. The van der Waals surface area contributed by atoms with Gasteiger partial charge in [-0.2, -0.15) is 0 Å². The summed E-state index contributed by atoms with van der Waals surface area (Å²) in [6.45, 7) is 4.84. The molecule has 6 nitrogen and oxygen atoms in total. The molecule has 0 spiro atoms. The summed E-state index contributed by atoms with van der Waals surface area (Å²) in [5, 5.41) is 10.8. The highest BCUT2D eigenvalue weighted by molar-refractivity contribution is 8.13. The summed E-state index contributed by atoms with van der Waals surface area (Å²) in [5.74, 6) is 0. The molecule has 0 rings (SSSR count). The Hall–Kier alpha value is -0.660. The summed E-state index contributed by atoms with van der Waals surface area (Å²) in [5.41, 5.74) is 0. The van der Waals surface area contributed by atoms with Crippen LogP contribution in [0.3, 0.4) is 0 Å². The number of nitrogens with zero attached hydrogens (tertiary/aromatic N) is 2. The topological polar surface area (TPSA) is 74.0 Å². The highest BCUT2D eigenvalue weighted by Crippen LogP contribution is 2.02. The third-order valence-electron chi connectivity index (χ3n) is 1.62. The summed E-state index contributed by atoms with van der Waals surface area (Å²) in [6, 6.07) is 0. The number of ether oxygens (including phenoxy) is 2. The van der Waals surface area contributed by atoms with E-state index in [1.165, 1.54) is 11.8 Å². The van der Waals surface area contributed by atoms with Crippen molar-refractivity contribution in [3.63, 3.8) is 0 Å². The van der Waals surface area contributed by atoms with Crippen LogP contribution in [-0.4, -0.2) is 48.8 Å². The predicted octanol–water partition coefficient (Wildman–Crippen LogP) is 1.42. The average molecular weight is 250 g/mol. The third kappa shape index (κ3) is 7.61. The minimum atomic E-state index is -0.413. The summed E-state index contributed by atoms with van der Waals surface area (Å²) >= 11 is 1.27. The third-order valence-corrected chi connectivity index (χ3v) is 2.35. The molecule has 7 heteroatoms. The molecule has 0 aliphatic heterocycles. The van der Waals surface area contributed by atoms with Gasteiger partial charge in [0.2, 0.25) is 0 Å². The first kappa shape index (κ1) is 15.3. The van der Waals surface area contributed by atoms with Crippen LogP contribution < -0.4 is 0 Å². The van der Waals surface area contributed by atoms with Gasteiger partial charge in [-0.15, -0.1) is 11.8 Å². The Morgan fingerprint density at radius 2 is 2.00 bits per heavy atom. The van der Waals surface area contributed by atoms with Crippen molar-refractivity contribution in [2.24, 2.45) is 4.99 Å². The van der Waals surface area contributed by atoms with Crippen LogP contribution in [0.2, 0.25) is 0 Å². The molecule has 0 aliphatic rings. The van der Waals surface area contributed by atoms with Crippen molar-refractivity contribution in [1.82, 2.24) is 0 Å². The smallest absolute Gasteiger partial charge is 0.250 e. The monoisotopic (exact) mass is 250 g/mol. The Bertz CT molecular complexity index is 230. The lowest BCUT2D eigenvalue weighted by molar-refractivity contribution is -0.462. The molecule has 0 saturated heterocycles. The van der Waals surface area contributed by atoms with E-state index in [4.69, 9.17) is 9.47 Å². The van der Waals surface area contributed by atoms with Crippen molar-refractivity contribution < 1.29 is 14.4 Å². The van der Waals surface area contributed by atoms with Gasteiger partial charge < -0.3 is 9.47 Å². The highest BCUT2D eigenvalue weighted by Gasteiger charge is 2.10. The largest absolute Gasteiger partial charge is 0.351 e. The van der Waals surface area contributed by atoms with E-state index in [2.05, 4.69) is 4.99 Å². The average Bonchev–Trinajstić information content (AvgIpc) is 2.24. The van der Waals surface area contributed by atoms with Crippen molar-refractivity contribution in [3.05, 3.63) is 10.1 Å². The Morgan fingerprint density at radius 3 is 2.38 bits per heavy atom. The lowest BCUT2D eigenvalue weighted by Crippen LogP contribution is -2.22. The van der Waals surface area contributed by atoms with Crippen LogP contribution in [0.5, 0.6) is 0 Å². The zero-order chi connectivity index (χ0) is 12.4. The van der Waals surface area contributed by atoms with Gasteiger partial charge in [0, 0.05) is 18.1 Å². The molecule has 0 radical (unpaired) electrons. The van der Waals surface area contributed by atoms with Crippen molar-refractivity contribution in [2.45, 2.75) is 20.1 Å². The Labute approximate surface area is 99.6 Å². The molecule has 0 aromatic heterocycles. The van der Waals surface area contributed by atoms with Crippen LogP contribution in [-0.2, 0) is 9.47 Å². The van der Waals surface area contributed by atoms with Crippen LogP contribution in [0.4, 0.5) is 0 Å². The van der Waals surface area contributed by atoms with Gasteiger partial charge in [-0.25, -0.2) is 0 Å². The predicted molar refractivity (Wildman–Crippen MR) is 64.7 cm³/mol. The zero-order valence-electron chi connectivity index (χ0n) is 9.84. The molecular formula is C9H18N2O4S. The van der Waals surface area contributed by atoms with Crippen molar-refractivity contribution in [2.75, 3.05) is 32.6 Å². The van der Waals surface area contributed by atoms with Crippen molar-refractivity contribution in [3.8, 4) is 0 Å². The molecule has 0 aromatic carbocycles. The Morgan fingerprint density at radius 1 is 1.44 bits per heavy atom. The van der Waals surface area contributed by atoms with E-state index in [9.17, 15) is 10.1 Å². The number of rotatable bonds is 8. The fourth-order valence-electron chi connectivity index (χ4n) is 0.991. The molecule has 0 fully saturated rings. The second kappa shape index (κ2) is 9.56. The van der Waals surface area contributed by atoms with Crippen LogP contribution in [0.1, 0.15) is 13.8 Å². The molecule has 0 atom stereocenters. The molecule has 0 aliphatic carbocycles. The Balaban J connectivity index is 4.19. The van der Waals surface area contributed by atoms with E-state index in [-0.39, 0.29) is 6.54 Å². The molecule has 0 unspecified atom stereocenters. The Kier molecular flexibility index (Phi) is 9.16. The quantitative estimate of drug-likeness (QED) is 0.214. The number of thioether (sulfide) groups is 1. The fourth-order valence-corrected chi connectivity index (χ4v) is 1.43. The lowest BCUT2D eigenvalue weighted by Gasteiger charge is -2.14. The highest BCUT2D eigenvalue weighted by atomic mass is 32.2. The van der Waals surface area contributed by atoms with Gasteiger partial charge >= 0.3 is 0 Å². The van der Waals surface area contributed by atoms with E-state index >= 15 is 0 Å². The summed E-state index contributed by atoms with van der Waals surface area (Å²) in [7, 11) is 0. The number of nitro groups is 1. The van der Waals surface area contributed by atoms with E-state index in [0.29, 0.717) is 24.8 Å². The normalized spacial score (nSPS) is 12.1.